The summed E-state index contributed by atoms with van der Waals surface area (Å²) in [5.41, 5.74) is 0.00853. The molecule has 0 saturated carbocycles. The van der Waals surface area contributed by atoms with Gasteiger partial charge in [0.2, 0.25) is 5.91 Å². The molecule has 5 nitrogen and oxygen atoms in total. The monoisotopic (exact) mass is 278 g/mol. The normalized spacial score (nSPS) is 21.4. The smallest absolute Gasteiger partial charge is 0.237 e. The van der Waals surface area contributed by atoms with E-state index >= 15 is 0 Å². The van der Waals surface area contributed by atoms with Crippen LogP contribution in [0.1, 0.15) is 40.0 Å². The Kier molecular flexibility index (Phi) is 4.81. The highest BCUT2D eigenvalue weighted by Gasteiger charge is 2.29. The van der Waals surface area contributed by atoms with E-state index in [1.807, 2.05) is 10.8 Å². The van der Waals surface area contributed by atoms with E-state index in [2.05, 4.69) is 36.4 Å². The number of hydrogen-bond donors (Lipinski definition) is 2. The number of carbonyl (C=O) groups is 1. The van der Waals surface area contributed by atoms with Crippen LogP contribution in [0.4, 0.5) is 0 Å². The van der Waals surface area contributed by atoms with Gasteiger partial charge in [0.25, 0.3) is 0 Å². The van der Waals surface area contributed by atoms with Crippen LogP contribution in [0.25, 0.3) is 0 Å². The first-order valence-corrected chi connectivity index (χ1v) is 7.46. The highest BCUT2D eigenvalue weighted by Crippen LogP contribution is 2.21. The van der Waals surface area contributed by atoms with E-state index in [0.29, 0.717) is 0 Å². The van der Waals surface area contributed by atoms with Gasteiger partial charge in [0.05, 0.1) is 18.4 Å². The van der Waals surface area contributed by atoms with E-state index in [-0.39, 0.29) is 23.4 Å². The lowest BCUT2D eigenvalue weighted by molar-refractivity contribution is -0.125. The van der Waals surface area contributed by atoms with Gasteiger partial charge in [-0.1, -0.05) is 27.2 Å². The van der Waals surface area contributed by atoms with Crippen molar-refractivity contribution in [3.63, 3.8) is 0 Å². The molecule has 1 aliphatic heterocycles. The van der Waals surface area contributed by atoms with E-state index in [9.17, 15) is 4.79 Å². The van der Waals surface area contributed by atoms with Gasteiger partial charge in [-0.3, -0.25) is 4.79 Å². The molecule has 20 heavy (non-hydrogen) atoms. The molecule has 1 fully saturated rings. The summed E-state index contributed by atoms with van der Waals surface area (Å²) in [4.78, 5) is 16.4. The Bertz CT molecular complexity index is 416. The Hall–Kier alpha value is -1.36. The molecule has 1 saturated heterocycles. The van der Waals surface area contributed by atoms with Gasteiger partial charge in [-0.05, 0) is 24.8 Å². The molecular weight excluding hydrogens is 252 g/mol. The van der Waals surface area contributed by atoms with Crippen LogP contribution in [0.15, 0.2) is 18.7 Å². The minimum atomic E-state index is -0.0311. The number of amides is 1. The van der Waals surface area contributed by atoms with Gasteiger partial charge in [-0.15, -0.1) is 0 Å². The Morgan fingerprint density at radius 2 is 2.30 bits per heavy atom. The lowest BCUT2D eigenvalue weighted by Crippen LogP contribution is -2.53. The third-order valence-corrected chi connectivity index (χ3v) is 3.94. The number of nitrogens with zero attached hydrogens (tertiary/aromatic N) is 2. The second-order valence-corrected chi connectivity index (χ2v) is 6.69. The van der Waals surface area contributed by atoms with Crippen LogP contribution in [-0.2, 0) is 11.3 Å². The number of rotatable bonds is 4. The van der Waals surface area contributed by atoms with E-state index in [4.69, 9.17) is 0 Å². The van der Waals surface area contributed by atoms with Crippen molar-refractivity contribution in [1.29, 1.82) is 0 Å². The molecule has 0 aromatic carbocycles. The zero-order valence-corrected chi connectivity index (χ0v) is 12.7. The Labute approximate surface area is 121 Å². The molecule has 1 aromatic heterocycles. The highest BCUT2D eigenvalue weighted by molar-refractivity contribution is 5.82. The number of nitrogens with one attached hydrogen (secondary N) is 2. The molecular formula is C15H26N4O. The molecule has 0 spiro atoms. The second kappa shape index (κ2) is 6.39. The van der Waals surface area contributed by atoms with Crippen LogP contribution in [0.2, 0.25) is 0 Å². The zero-order chi connectivity index (χ0) is 14.6. The van der Waals surface area contributed by atoms with E-state index < -0.39 is 0 Å². The van der Waals surface area contributed by atoms with Crippen LogP contribution in [0, 0.1) is 5.41 Å². The van der Waals surface area contributed by atoms with Gasteiger partial charge in [-0.2, -0.15) is 0 Å². The van der Waals surface area contributed by atoms with Gasteiger partial charge in [0.15, 0.2) is 0 Å². The average molecular weight is 278 g/mol. The fraction of sp³-hybridized carbons (Fsp3) is 0.733. The van der Waals surface area contributed by atoms with Crippen LogP contribution >= 0.6 is 0 Å². The fourth-order valence-corrected chi connectivity index (χ4v) is 2.49. The van der Waals surface area contributed by atoms with Gasteiger partial charge < -0.3 is 15.2 Å². The summed E-state index contributed by atoms with van der Waals surface area (Å²) in [5, 5.41) is 6.52. The third-order valence-electron chi connectivity index (χ3n) is 3.94. The SMILES string of the molecule is CC(C)(C)C(Cn1ccnc1)NC(=O)[C@@H]1CCCCN1. The summed E-state index contributed by atoms with van der Waals surface area (Å²) in [6.45, 7) is 8.16. The predicted octanol–water partition coefficient (Wildman–Crippen LogP) is 1.56. The third kappa shape index (κ3) is 4.07. The maximum atomic E-state index is 12.4. The quantitative estimate of drug-likeness (QED) is 0.878. The number of piperidine rings is 1. The maximum absolute atomic E-state index is 12.4. The summed E-state index contributed by atoms with van der Waals surface area (Å²) in [7, 11) is 0. The van der Waals surface area contributed by atoms with Crippen molar-refractivity contribution in [1.82, 2.24) is 20.2 Å². The average Bonchev–Trinajstić information content (AvgIpc) is 2.91. The van der Waals surface area contributed by atoms with Gasteiger partial charge in [-0.25, -0.2) is 4.98 Å². The molecule has 0 bridgehead atoms. The summed E-state index contributed by atoms with van der Waals surface area (Å²) < 4.78 is 2.02. The maximum Gasteiger partial charge on any atom is 0.237 e. The molecule has 0 radical (unpaired) electrons. The molecule has 1 aliphatic rings. The van der Waals surface area contributed by atoms with Crippen molar-refractivity contribution < 1.29 is 4.79 Å². The summed E-state index contributed by atoms with van der Waals surface area (Å²) in [5.74, 6) is 0.129. The summed E-state index contributed by atoms with van der Waals surface area (Å²) >= 11 is 0. The van der Waals surface area contributed by atoms with Gasteiger partial charge in [0.1, 0.15) is 0 Å². The Morgan fingerprint density at radius 1 is 1.50 bits per heavy atom. The minimum Gasteiger partial charge on any atom is -0.350 e. The molecule has 1 aromatic rings. The number of hydrogen-bond acceptors (Lipinski definition) is 3. The lowest BCUT2D eigenvalue weighted by atomic mass is 9.86. The summed E-state index contributed by atoms with van der Waals surface area (Å²) in [6, 6.07) is 0.0595. The number of carbonyl (C=O) groups excluding carboxylic acids is 1. The van der Waals surface area contributed by atoms with Crippen molar-refractivity contribution in [2.45, 2.75) is 58.7 Å². The van der Waals surface area contributed by atoms with Gasteiger partial charge >= 0.3 is 0 Å². The van der Waals surface area contributed by atoms with Crippen molar-refractivity contribution in [3.8, 4) is 0 Å². The van der Waals surface area contributed by atoms with Crippen molar-refractivity contribution in [2.24, 2.45) is 5.41 Å². The minimum absolute atomic E-state index is 0.00853. The summed E-state index contributed by atoms with van der Waals surface area (Å²) in [6.07, 6.45) is 8.74. The molecule has 0 aliphatic carbocycles. The molecule has 112 valence electrons. The molecule has 1 amide bonds. The van der Waals surface area contributed by atoms with Crippen LogP contribution in [0.5, 0.6) is 0 Å². The van der Waals surface area contributed by atoms with E-state index in [1.54, 1.807) is 12.5 Å². The van der Waals surface area contributed by atoms with E-state index in [0.717, 1.165) is 25.9 Å². The molecule has 2 atom stereocenters. The number of imidazole rings is 1. The molecule has 5 heteroatoms. The first-order chi connectivity index (χ1) is 9.47. The lowest BCUT2D eigenvalue weighted by Gasteiger charge is -2.34. The molecule has 2 N–H and O–H groups in total. The zero-order valence-electron chi connectivity index (χ0n) is 12.7. The molecule has 2 rings (SSSR count). The van der Waals surface area contributed by atoms with Crippen molar-refractivity contribution in [2.75, 3.05) is 6.54 Å². The Morgan fingerprint density at radius 3 is 2.85 bits per heavy atom. The molecule has 1 unspecified atom stereocenters. The van der Waals surface area contributed by atoms with E-state index in [1.165, 1.54) is 6.42 Å². The topological polar surface area (TPSA) is 59.0 Å². The second-order valence-electron chi connectivity index (χ2n) is 6.69. The standard InChI is InChI=1S/C15H26N4O/c1-15(2,3)13(10-19-9-8-16-11-19)18-14(20)12-6-4-5-7-17-12/h8-9,11-13,17H,4-7,10H2,1-3H3,(H,18,20)/t12-,13?/m0/s1. The first-order valence-electron chi connectivity index (χ1n) is 7.46. The van der Waals surface area contributed by atoms with Crippen molar-refractivity contribution in [3.05, 3.63) is 18.7 Å². The fourth-order valence-electron chi connectivity index (χ4n) is 2.49. The highest BCUT2D eigenvalue weighted by atomic mass is 16.2. The van der Waals surface area contributed by atoms with Crippen LogP contribution in [-0.4, -0.2) is 34.1 Å². The predicted molar refractivity (Wildman–Crippen MR) is 79.3 cm³/mol. The van der Waals surface area contributed by atoms with Crippen LogP contribution in [0.3, 0.4) is 0 Å². The first kappa shape index (κ1) is 15.0. The van der Waals surface area contributed by atoms with Crippen LogP contribution < -0.4 is 10.6 Å². The Balaban J connectivity index is 1.98. The van der Waals surface area contributed by atoms with Crippen molar-refractivity contribution >= 4 is 5.91 Å². The van der Waals surface area contributed by atoms with Gasteiger partial charge in [0, 0.05) is 18.9 Å². The number of aromatic nitrogens is 2. The largest absolute Gasteiger partial charge is 0.350 e. The molecule has 2 heterocycles.